The number of hydrogen-bond donors (Lipinski definition) is 4. The normalized spacial score (nSPS) is 10.8. The van der Waals surface area contributed by atoms with Crippen LogP contribution in [-0.4, -0.2) is 44.3 Å². The molecule has 9 nitrogen and oxygen atoms in total. The fourth-order valence-electron chi connectivity index (χ4n) is 3.67. The molecule has 33 heavy (non-hydrogen) atoms. The van der Waals surface area contributed by atoms with E-state index in [4.69, 9.17) is 4.74 Å². The Hall–Kier alpha value is -4.92. The van der Waals surface area contributed by atoms with Gasteiger partial charge in [0.15, 0.2) is 0 Å². The average Bonchev–Trinajstić information content (AvgIpc) is 2.77. The number of hydrogen-bond acceptors (Lipinski definition) is 7. The van der Waals surface area contributed by atoms with Crippen LogP contribution in [0.1, 0.15) is 41.4 Å². The zero-order valence-corrected chi connectivity index (χ0v) is 16.6. The lowest BCUT2D eigenvalue weighted by Crippen LogP contribution is -2.19. The molecule has 0 unspecified atom stereocenters. The molecule has 0 saturated carbocycles. The summed E-state index contributed by atoms with van der Waals surface area (Å²) in [6, 6.07) is 13.0. The number of carbonyl (C=O) groups is 4. The first-order chi connectivity index (χ1) is 15.7. The van der Waals surface area contributed by atoms with Gasteiger partial charge in [0.05, 0.1) is 22.3 Å². The predicted octanol–water partition coefficient (Wildman–Crippen LogP) is 3.80. The van der Waals surface area contributed by atoms with E-state index in [2.05, 4.69) is 0 Å². The molecule has 0 bridgehead atoms. The Morgan fingerprint density at radius 2 is 0.939 bits per heavy atom. The van der Waals surface area contributed by atoms with Gasteiger partial charge in [0.1, 0.15) is 11.5 Å². The van der Waals surface area contributed by atoms with Crippen molar-refractivity contribution in [3.8, 4) is 11.5 Å². The van der Waals surface area contributed by atoms with E-state index < -0.39 is 46.1 Å². The van der Waals surface area contributed by atoms with Crippen LogP contribution in [0.15, 0.2) is 60.7 Å². The summed E-state index contributed by atoms with van der Waals surface area (Å²) in [5, 5.41) is 39.5. The van der Waals surface area contributed by atoms with Gasteiger partial charge in [-0.15, -0.1) is 0 Å². The third-order valence-corrected chi connectivity index (χ3v) is 5.13. The van der Waals surface area contributed by atoms with Crippen LogP contribution in [0.3, 0.4) is 0 Å². The van der Waals surface area contributed by atoms with E-state index in [-0.39, 0.29) is 33.0 Å². The van der Waals surface area contributed by atoms with Gasteiger partial charge in [-0.05, 0) is 36.4 Å². The Labute approximate surface area is 184 Å². The molecule has 0 spiro atoms. The summed E-state index contributed by atoms with van der Waals surface area (Å²) < 4.78 is 4.93. The summed E-state index contributed by atoms with van der Waals surface area (Å²) in [5.74, 6) is -6.07. The Morgan fingerprint density at radius 3 is 1.30 bits per heavy atom. The molecule has 4 rings (SSSR count). The number of phenols is 2. The van der Waals surface area contributed by atoms with Crippen LogP contribution in [0.25, 0.3) is 21.5 Å². The van der Waals surface area contributed by atoms with E-state index in [0.717, 1.165) is 12.1 Å². The van der Waals surface area contributed by atoms with Gasteiger partial charge in [0.25, 0.3) is 0 Å². The van der Waals surface area contributed by atoms with Crippen molar-refractivity contribution in [3.63, 3.8) is 0 Å². The van der Waals surface area contributed by atoms with Gasteiger partial charge in [0, 0.05) is 21.5 Å². The topological polar surface area (TPSA) is 158 Å². The molecule has 0 radical (unpaired) electrons. The molecule has 0 aliphatic heterocycles. The second-order valence-electron chi connectivity index (χ2n) is 7.01. The number of ether oxygens (including phenoxy) is 1. The van der Waals surface area contributed by atoms with Crippen LogP contribution in [0, 0.1) is 0 Å². The average molecular weight is 446 g/mol. The van der Waals surface area contributed by atoms with Crippen LogP contribution in [0.5, 0.6) is 11.5 Å². The minimum Gasteiger partial charge on any atom is -0.507 e. The zero-order valence-electron chi connectivity index (χ0n) is 16.6. The number of aromatic hydroxyl groups is 2. The maximum absolute atomic E-state index is 13.0. The highest BCUT2D eigenvalue weighted by atomic mass is 16.6. The quantitative estimate of drug-likeness (QED) is 0.270. The SMILES string of the molecule is O=C(O)c1ccc2c(O)cccc2c1C(=O)OC(=O)c1c(C(=O)O)ccc2c(O)cccc12. The lowest BCUT2D eigenvalue weighted by Gasteiger charge is -2.13. The number of rotatable bonds is 4. The molecule has 0 fully saturated rings. The van der Waals surface area contributed by atoms with Gasteiger partial charge in [-0.1, -0.05) is 24.3 Å². The molecule has 0 aromatic heterocycles. The van der Waals surface area contributed by atoms with Crippen molar-refractivity contribution in [1.29, 1.82) is 0 Å². The molecular formula is C24H14O9. The number of carboxylic acid groups (broad SMARTS) is 2. The van der Waals surface area contributed by atoms with E-state index in [0.29, 0.717) is 0 Å². The fraction of sp³-hybridized carbons (Fsp3) is 0. The van der Waals surface area contributed by atoms with Gasteiger partial charge in [-0.3, -0.25) is 0 Å². The molecule has 0 aliphatic carbocycles. The molecule has 4 aromatic carbocycles. The predicted molar refractivity (Wildman–Crippen MR) is 115 cm³/mol. The number of benzene rings is 4. The lowest BCUT2D eigenvalue weighted by atomic mass is 9.97. The third-order valence-electron chi connectivity index (χ3n) is 5.13. The minimum absolute atomic E-state index is 0.0294. The van der Waals surface area contributed by atoms with Crippen LogP contribution in [-0.2, 0) is 4.74 Å². The molecule has 0 saturated heterocycles. The van der Waals surface area contributed by atoms with Crippen molar-refractivity contribution in [3.05, 3.63) is 82.9 Å². The summed E-state index contributed by atoms with van der Waals surface area (Å²) >= 11 is 0. The minimum atomic E-state index is -1.47. The number of fused-ring (bicyclic) bond motifs is 2. The Bertz CT molecular complexity index is 1390. The van der Waals surface area contributed by atoms with Crippen molar-refractivity contribution in [2.24, 2.45) is 0 Å². The first kappa shape index (κ1) is 21.3. The van der Waals surface area contributed by atoms with Gasteiger partial charge < -0.3 is 25.2 Å². The highest BCUT2D eigenvalue weighted by Gasteiger charge is 2.28. The fourth-order valence-corrected chi connectivity index (χ4v) is 3.67. The maximum Gasteiger partial charge on any atom is 0.347 e. The summed E-state index contributed by atoms with van der Waals surface area (Å²) in [7, 11) is 0. The Morgan fingerprint density at radius 1 is 0.545 bits per heavy atom. The first-order valence-electron chi connectivity index (χ1n) is 9.43. The molecular weight excluding hydrogens is 432 g/mol. The molecule has 164 valence electrons. The standard InChI is InChI=1S/C24H14O9/c25-17-5-1-3-13-11(17)7-9-15(21(27)28)19(13)23(31)33-24(32)20-14-4-2-6-18(26)12(14)8-10-16(20)22(29)30/h1-10,25-26H,(H,27,28)(H,29,30). The van der Waals surface area contributed by atoms with Crippen LogP contribution in [0.4, 0.5) is 0 Å². The van der Waals surface area contributed by atoms with Crippen LogP contribution in [0.2, 0.25) is 0 Å². The van der Waals surface area contributed by atoms with Crippen molar-refractivity contribution < 1.29 is 44.3 Å². The molecule has 4 N–H and O–H groups in total. The molecule has 0 aliphatic rings. The largest absolute Gasteiger partial charge is 0.507 e. The Kier molecular flexibility index (Phi) is 5.15. The molecule has 0 atom stereocenters. The molecule has 0 amide bonds. The number of aromatic carboxylic acids is 2. The molecule has 9 heteroatoms. The van der Waals surface area contributed by atoms with E-state index >= 15 is 0 Å². The second kappa shape index (κ2) is 7.97. The Balaban J connectivity index is 1.87. The third kappa shape index (κ3) is 3.57. The number of phenolic OH excluding ortho intramolecular Hbond substituents is 2. The molecule has 0 heterocycles. The summed E-state index contributed by atoms with van der Waals surface area (Å²) in [6.07, 6.45) is 0. The first-order valence-corrected chi connectivity index (χ1v) is 9.43. The van der Waals surface area contributed by atoms with E-state index in [1.165, 1.54) is 48.5 Å². The van der Waals surface area contributed by atoms with Gasteiger partial charge in [-0.25, -0.2) is 19.2 Å². The number of carboxylic acids is 2. The monoisotopic (exact) mass is 446 g/mol. The highest BCUT2D eigenvalue weighted by molar-refractivity contribution is 6.19. The number of carbonyl (C=O) groups excluding carboxylic acids is 2. The van der Waals surface area contributed by atoms with Crippen molar-refractivity contribution in [1.82, 2.24) is 0 Å². The van der Waals surface area contributed by atoms with Gasteiger partial charge in [0.2, 0.25) is 0 Å². The lowest BCUT2D eigenvalue weighted by molar-refractivity contribution is 0.0389. The van der Waals surface area contributed by atoms with Crippen LogP contribution < -0.4 is 0 Å². The maximum atomic E-state index is 13.0. The second-order valence-corrected chi connectivity index (χ2v) is 7.01. The molecule has 4 aromatic rings. The van der Waals surface area contributed by atoms with Crippen molar-refractivity contribution in [2.75, 3.05) is 0 Å². The van der Waals surface area contributed by atoms with Crippen molar-refractivity contribution in [2.45, 2.75) is 0 Å². The smallest absolute Gasteiger partial charge is 0.347 e. The van der Waals surface area contributed by atoms with E-state index in [9.17, 15) is 39.6 Å². The number of esters is 2. The van der Waals surface area contributed by atoms with Crippen molar-refractivity contribution >= 4 is 45.4 Å². The van der Waals surface area contributed by atoms with E-state index in [1.54, 1.807) is 0 Å². The highest BCUT2D eigenvalue weighted by Crippen LogP contribution is 2.32. The van der Waals surface area contributed by atoms with Gasteiger partial charge in [-0.2, -0.15) is 0 Å². The van der Waals surface area contributed by atoms with E-state index in [1.807, 2.05) is 0 Å². The summed E-state index contributed by atoms with van der Waals surface area (Å²) in [4.78, 5) is 49.4. The summed E-state index contributed by atoms with van der Waals surface area (Å²) in [5.41, 5.74) is -1.91. The van der Waals surface area contributed by atoms with Gasteiger partial charge >= 0.3 is 23.9 Å². The summed E-state index contributed by atoms with van der Waals surface area (Å²) in [6.45, 7) is 0. The zero-order chi connectivity index (χ0) is 23.9. The van der Waals surface area contributed by atoms with Crippen LogP contribution >= 0.6 is 0 Å².